The van der Waals surface area contributed by atoms with E-state index < -0.39 is 0 Å². The summed E-state index contributed by atoms with van der Waals surface area (Å²) in [5.74, 6) is -0.0936. The Bertz CT molecular complexity index is 375. The molecule has 0 spiro atoms. The molecular weight excluding hydrogens is 284 g/mol. The fraction of sp³-hybridized carbons (Fsp3) is 0.571. The molecule has 0 fully saturated rings. The van der Waals surface area contributed by atoms with Crippen molar-refractivity contribution in [2.24, 2.45) is 0 Å². The van der Waals surface area contributed by atoms with E-state index in [2.05, 4.69) is 60.3 Å². The molecular formula is C21H34O2. The number of hydrogen-bond donors (Lipinski definition) is 0. The van der Waals surface area contributed by atoms with Crippen LogP contribution in [0, 0.1) is 0 Å². The molecule has 0 bridgehead atoms. The van der Waals surface area contributed by atoms with Crippen molar-refractivity contribution in [2.75, 3.05) is 7.11 Å². The first-order chi connectivity index (χ1) is 11.3. The van der Waals surface area contributed by atoms with Crippen LogP contribution in [-0.4, -0.2) is 13.1 Å². The molecule has 0 aliphatic carbocycles. The molecule has 0 unspecified atom stereocenters. The lowest BCUT2D eigenvalue weighted by Crippen LogP contribution is -1.98. The molecule has 0 aromatic heterocycles. The van der Waals surface area contributed by atoms with Crippen molar-refractivity contribution in [3.8, 4) is 0 Å². The van der Waals surface area contributed by atoms with Crippen molar-refractivity contribution >= 4 is 5.97 Å². The molecule has 0 rings (SSSR count). The minimum Gasteiger partial charge on any atom is -0.469 e. The van der Waals surface area contributed by atoms with E-state index in [1.807, 2.05) is 0 Å². The highest BCUT2D eigenvalue weighted by Gasteiger charge is 1.98. The number of carbonyl (C=O) groups is 1. The van der Waals surface area contributed by atoms with Gasteiger partial charge in [-0.05, 0) is 44.9 Å². The molecule has 0 N–H and O–H groups in total. The first kappa shape index (κ1) is 21.4. The molecule has 0 amide bonds. The number of hydrogen-bond acceptors (Lipinski definition) is 2. The SMILES string of the molecule is CC/C=C\C/C=C\C/C=C/C/C=C\CCCCCCC(=O)OC. The van der Waals surface area contributed by atoms with Crippen LogP contribution >= 0.6 is 0 Å². The van der Waals surface area contributed by atoms with Crippen LogP contribution in [0.2, 0.25) is 0 Å². The maximum absolute atomic E-state index is 10.9. The highest BCUT2D eigenvalue weighted by atomic mass is 16.5. The average molecular weight is 319 g/mol. The van der Waals surface area contributed by atoms with E-state index in [0.717, 1.165) is 44.9 Å². The minimum absolute atomic E-state index is 0.0936. The van der Waals surface area contributed by atoms with Crippen LogP contribution in [0.4, 0.5) is 0 Å². The largest absolute Gasteiger partial charge is 0.469 e. The monoisotopic (exact) mass is 318 g/mol. The van der Waals surface area contributed by atoms with Crippen LogP contribution in [0.15, 0.2) is 48.6 Å². The molecule has 2 heteroatoms. The molecule has 23 heavy (non-hydrogen) atoms. The number of esters is 1. The van der Waals surface area contributed by atoms with Crippen molar-refractivity contribution in [1.29, 1.82) is 0 Å². The number of rotatable bonds is 14. The third-order valence-corrected chi connectivity index (χ3v) is 3.45. The molecule has 0 atom stereocenters. The topological polar surface area (TPSA) is 26.3 Å². The second-order valence-electron chi connectivity index (χ2n) is 5.53. The van der Waals surface area contributed by atoms with Gasteiger partial charge in [0.25, 0.3) is 0 Å². The summed E-state index contributed by atoms with van der Waals surface area (Å²) in [7, 11) is 1.45. The normalized spacial score (nSPS) is 12.3. The van der Waals surface area contributed by atoms with Gasteiger partial charge in [0, 0.05) is 6.42 Å². The third-order valence-electron chi connectivity index (χ3n) is 3.45. The Hall–Kier alpha value is -1.57. The van der Waals surface area contributed by atoms with Crippen LogP contribution in [0.3, 0.4) is 0 Å². The Morgan fingerprint density at radius 3 is 1.83 bits per heavy atom. The maximum atomic E-state index is 10.9. The first-order valence-electron chi connectivity index (χ1n) is 8.98. The van der Waals surface area contributed by atoms with Gasteiger partial charge in [0.1, 0.15) is 0 Å². The number of unbranched alkanes of at least 4 members (excludes halogenated alkanes) is 4. The van der Waals surface area contributed by atoms with Gasteiger partial charge in [0.2, 0.25) is 0 Å². The van der Waals surface area contributed by atoms with E-state index >= 15 is 0 Å². The summed E-state index contributed by atoms with van der Waals surface area (Å²) in [6, 6.07) is 0. The van der Waals surface area contributed by atoms with E-state index in [9.17, 15) is 4.79 Å². The highest BCUT2D eigenvalue weighted by Crippen LogP contribution is 2.06. The van der Waals surface area contributed by atoms with Gasteiger partial charge in [0.05, 0.1) is 7.11 Å². The molecule has 0 aliphatic rings. The predicted molar refractivity (Wildman–Crippen MR) is 100 cm³/mol. The van der Waals surface area contributed by atoms with E-state index in [4.69, 9.17) is 0 Å². The van der Waals surface area contributed by atoms with Crippen molar-refractivity contribution in [3.63, 3.8) is 0 Å². The zero-order valence-corrected chi connectivity index (χ0v) is 15.0. The minimum atomic E-state index is -0.0936. The van der Waals surface area contributed by atoms with Gasteiger partial charge in [-0.2, -0.15) is 0 Å². The lowest BCUT2D eigenvalue weighted by Gasteiger charge is -1.99. The van der Waals surface area contributed by atoms with Crippen LogP contribution < -0.4 is 0 Å². The van der Waals surface area contributed by atoms with Gasteiger partial charge in [0.15, 0.2) is 0 Å². The molecule has 0 aliphatic heterocycles. The summed E-state index contributed by atoms with van der Waals surface area (Å²) < 4.78 is 4.62. The lowest BCUT2D eigenvalue weighted by atomic mass is 10.1. The Kier molecular flexibility index (Phi) is 17.2. The summed E-state index contributed by atoms with van der Waals surface area (Å²) >= 11 is 0. The lowest BCUT2D eigenvalue weighted by molar-refractivity contribution is -0.140. The van der Waals surface area contributed by atoms with Crippen molar-refractivity contribution < 1.29 is 9.53 Å². The first-order valence-corrected chi connectivity index (χ1v) is 8.98. The van der Waals surface area contributed by atoms with Crippen molar-refractivity contribution in [2.45, 2.75) is 71.1 Å². The van der Waals surface area contributed by atoms with Gasteiger partial charge >= 0.3 is 5.97 Å². The van der Waals surface area contributed by atoms with E-state index in [1.165, 1.54) is 20.0 Å². The second-order valence-corrected chi connectivity index (χ2v) is 5.53. The standard InChI is InChI=1S/C21H34O2/c1-3-4-5-6-7-8-9-10-11-12-13-14-15-16-17-18-19-20-21(22)23-2/h4-5,7-8,10-11,13-14H,3,6,9,12,15-20H2,1-2H3/b5-4-,8-7-,11-10+,14-13-. The van der Waals surface area contributed by atoms with E-state index in [-0.39, 0.29) is 5.97 Å². The number of ether oxygens (including phenoxy) is 1. The van der Waals surface area contributed by atoms with E-state index in [0.29, 0.717) is 6.42 Å². The zero-order chi connectivity index (χ0) is 17.0. The second kappa shape index (κ2) is 18.5. The molecule has 0 aromatic rings. The summed E-state index contributed by atoms with van der Waals surface area (Å²) in [6.45, 7) is 2.15. The Morgan fingerprint density at radius 1 is 0.739 bits per heavy atom. The smallest absolute Gasteiger partial charge is 0.305 e. The molecule has 0 saturated carbocycles. The summed E-state index contributed by atoms with van der Waals surface area (Å²) in [6.07, 6.45) is 28.1. The van der Waals surface area contributed by atoms with Crippen molar-refractivity contribution in [1.82, 2.24) is 0 Å². The quantitative estimate of drug-likeness (QED) is 0.213. The van der Waals surface area contributed by atoms with Crippen LogP contribution in [0.1, 0.15) is 71.1 Å². The maximum Gasteiger partial charge on any atom is 0.305 e. The van der Waals surface area contributed by atoms with Gasteiger partial charge in [-0.3, -0.25) is 4.79 Å². The summed E-state index contributed by atoms with van der Waals surface area (Å²) in [5, 5.41) is 0. The Labute approximate surface area is 143 Å². The molecule has 0 radical (unpaired) electrons. The predicted octanol–water partition coefficient (Wildman–Crippen LogP) is 6.31. The number of carbonyl (C=O) groups excluding carboxylic acids is 1. The van der Waals surface area contributed by atoms with E-state index in [1.54, 1.807) is 0 Å². The van der Waals surface area contributed by atoms with Crippen molar-refractivity contribution in [3.05, 3.63) is 48.6 Å². The molecule has 130 valence electrons. The highest BCUT2D eigenvalue weighted by molar-refractivity contribution is 5.68. The Morgan fingerprint density at radius 2 is 1.26 bits per heavy atom. The van der Waals surface area contributed by atoms with Gasteiger partial charge in [-0.15, -0.1) is 0 Å². The number of methoxy groups -OCH3 is 1. The van der Waals surface area contributed by atoms with Crippen LogP contribution in [-0.2, 0) is 9.53 Å². The van der Waals surface area contributed by atoms with Crippen LogP contribution in [0.25, 0.3) is 0 Å². The molecule has 0 saturated heterocycles. The third kappa shape index (κ3) is 18.4. The fourth-order valence-corrected chi connectivity index (χ4v) is 2.08. The van der Waals surface area contributed by atoms with Gasteiger partial charge in [-0.25, -0.2) is 0 Å². The van der Waals surface area contributed by atoms with Gasteiger partial charge in [-0.1, -0.05) is 68.4 Å². The Balaban J connectivity index is 3.35. The fourth-order valence-electron chi connectivity index (χ4n) is 2.08. The molecule has 0 heterocycles. The summed E-state index contributed by atoms with van der Waals surface area (Å²) in [5.41, 5.74) is 0. The molecule has 0 aromatic carbocycles. The molecule has 2 nitrogen and oxygen atoms in total. The van der Waals surface area contributed by atoms with Crippen LogP contribution in [0.5, 0.6) is 0 Å². The number of allylic oxidation sites excluding steroid dienone is 8. The summed E-state index contributed by atoms with van der Waals surface area (Å²) in [4.78, 5) is 10.9. The zero-order valence-electron chi connectivity index (χ0n) is 15.0. The average Bonchev–Trinajstić information content (AvgIpc) is 2.57. The van der Waals surface area contributed by atoms with Gasteiger partial charge < -0.3 is 4.74 Å².